The van der Waals surface area contributed by atoms with Crippen LogP contribution in [-0.2, 0) is 0 Å². The van der Waals surface area contributed by atoms with Gasteiger partial charge in [0.2, 0.25) is 0 Å². The van der Waals surface area contributed by atoms with Crippen LogP contribution < -0.4 is 10.7 Å². The predicted molar refractivity (Wildman–Crippen MR) is 75.7 cm³/mol. The average molecular weight is 275 g/mol. The van der Waals surface area contributed by atoms with Crippen LogP contribution in [0.15, 0.2) is 39.5 Å². The molecule has 1 aromatic carbocycles. The SMILES string of the molecule is CC(CO)C(C)NC(=O)c1cc(=O)c2ccccc2o1. The summed E-state index contributed by atoms with van der Waals surface area (Å²) in [7, 11) is 0. The van der Waals surface area contributed by atoms with E-state index in [2.05, 4.69) is 5.32 Å². The van der Waals surface area contributed by atoms with E-state index in [0.717, 1.165) is 0 Å². The second-order valence-corrected chi connectivity index (χ2v) is 4.89. The second-order valence-electron chi connectivity index (χ2n) is 4.89. The van der Waals surface area contributed by atoms with Gasteiger partial charge in [-0.15, -0.1) is 0 Å². The van der Waals surface area contributed by atoms with Gasteiger partial charge < -0.3 is 14.8 Å². The van der Waals surface area contributed by atoms with E-state index in [0.29, 0.717) is 11.0 Å². The van der Waals surface area contributed by atoms with Crippen molar-refractivity contribution in [3.05, 3.63) is 46.3 Å². The molecular weight excluding hydrogens is 258 g/mol. The first-order chi connectivity index (χ1) is 9.52. The van der Waals surface area contributed by atoms with Crippen LogP contribution in [0, 0.1) is 5.92 Å². The number of aliphatic hydroxyl groups is 1. The Morgan fingerprint density at radius 3 is 2.75 bits per heavy atom. The molecule has 1 amide bonds. The third kappa shape index (κ3) is 2.88. The van der Waals surface area contributed by atoms with Crippen LogP contribution in [0.4, 0.5) is 0 Å². The van der Waals surface area contributed by atoms with Crippen molar-refractivity contribution in [2.24, 2.45) is 5.92 Å². The summed E-state index contributed by atoms with van der Waals surface area (Å²) in [5.41, 5.74) is 0.132. The number of nitrogens with one attached hydrogen (secondary N) is 1. The fourth-order valence-corrected chi connectivity index (χ4v) is 1.79. The van der Waals surface area contributed by atoms with E-state index >= 15 is 0 Å². The molecule has 106 valence electrons. The highest BCUT2D eigenvalue weighted by molar-refractivity contribution is 5.93. The van der Waals surface area contributed by atoms with E-state index in [1.807, 2.05) is 6.92 Å². The summed E-state index contributed by atoms with van der Waals surface area (Å²) in [6.07, 6.45) is 0. The lowest BCUT2D eigenvalue weighted by atomic mass is 10.1. The Morgan fingerprint density at radius 2 is 2.05 bits per heavy atom. The van der Waals surface area contributed by atoms with E-state index in [-0.39, 0.29) is 29.8 Å². The number of carbonyl (C=O) groups is 1. The van der Waals surface area contributed by atoms with Gasteiger partial charge in [-0.25, -0.2) is 0 Å². The first kappa shape index (κ1) is 14.3. The first-order valence-corrected chi connectivity index (χ1v) is 6.47. The summed E-state index contributed by atoms with van der Waals surface area (Å²) in [5, 5.41) is 12.2. The second kappa shape index (κ2) is 5.88. The maximum absolute atomic E-state index is 12.0. The van der Waals surface area contributed by atoms with E-state index < -0.39 is 5.91 Å². The van der Waals surface area contributed by atoms with Gasteiger partial charge in [-0.1, -0.05) is 19.1 Å². The lowest BCUT2D eigenvalue weighted by molar-refractivity contribution is 0.0889. The summed E-state index contributed by atoms with van der Waals surface area (Å²) >= 11 is 0. The quantitative estimate of drug-likeness (QED) is 0.887. The number of carbonyl (C=O) groups excluding carboxylic acids is 1. The van der Waals surface area contributed by atoms with Gasteiger partial charge in [0.05, 0.1) is 5.39 Å². The van der Waals surface area contributed by atoms with Crippen LogP contribution in [0.2, 0.25) is 0 Å². The maximum Gasteiger partial charge on any atom is 0.287 e. The molecule has 1 heterocycles. The molecule has 1 aromatic heterocycles. The number of hydrogen-bond acceptors (Lipinski definition) is 4. The number of fused-ring (bicyclic) bond motifs is 1. The summed E-state index contributed by atoms with van der Waals surface area (Å²) in [6.45, 7) is 3.59. The highest BCUT2D eigenvalue weighted by Gasteiger charge is 2.17. The van der Waals surface area contributed by atoms with Gasteiger partial charge in [0.1, 0.15) is 5.58 Å². The number of benzene rings is 1. The van der Waals surface area contributed by atoms with Gasteiger partial charge >= 0.3 is 0 Å². The Bertz CT molecular complexity index is 677. The smallest absolute Gasteiger partial charge is 0.287 e. The van der Waals surface area contributed by atoms with Crippen molar-refractivity contribution in [3.8, 4) is 0 Å². The van der Waals surface area contributed by atoms with Gasteiger partial charge in [-0.3, -0.25) is 9.59 Å². The molecule has 2 N–H and O–H groups in total. The Labute approximate surface area is 116 Å². The third-order valence-corrected chi connectivity index (χ3v) is 3.36. The van der Waals surface area contributed by atoms with Crippen molar-refractivity contribution in [2.45, 2.75) is 19.9 Å². The zero-order valence-corrected chi connectivity index (χ0v) is 11.4. The lowest BCUT2D eigenvalue weighted by Crippen LogP contribution is -2.38. The van der Waals surface area contributed by atoms with Crippen LogP contribution >= 0.6 is 0 Å². The topological polar surface area (TPSA) is 79.5 Å². The van der Waals surface area contributed by atoms with Crippen LogP contribution in [0.1, 0.15) is 24.4 Å². The van der Waals surface area contributed by atoms with Gasteiger partial charge in [-0.2, -0.15) is 0 Å². The lowest BCUT2D eigenvalue weighted by Gasteiger charge is -2.18. The minimum atomic E-state index is -0.458. The van der Waals surface area contributed by atoms with Crippen molar-refractivity contribution >= 4 is 16.9 Å². The summed E-state index contributed by atoms with van der Waals surface area (Å²) in [5.74, 6) is -0.558. The Morgan fingerprint density at radius 1 is 1.35 bits per heavy atom. The van der Waals surface area contributed by atoms with Crippen molar-refractivity contribution in [1.82, 2.24) is 5.32 Å². The third-order valence-electron chi connectivity index (χ3n) is 3.36. The molecule has 2 rings (SSSR count). The number of rotatable bonds is 4. The van der Waals surface area contributed by atoms with Crippen molar-refractivity contribution in [1.29, 1.82) is 0 Å². The minimum absolute atomic E-state index is 0.0225. The van der Waals surface area contributed by atoms with Crippen molar-refractivity contribution < 1.29 is 14.3 Å². The molecule has 0 spiro atoms. The maximum atomic E-state index is 12.0. The highest BCUT2D eigenvalue weighted by Crippen LogP contribution is 2.12. The molecule has 2 atom stereocenters. The van der Waals surface area contributed by atoms with E-state index in [4.69, 9.17) is 9.52 Å². The monoisotopic (exact) mass is 275 g/mol. The largest absolute Gasteiger partial charge is 0.451 e. The minimum Gasteiger partial charge on any atom is -0.451 e. The predicted octanol–water partition coefficient (Wildman–Crippen LogP) is 1.54. The van der Waals surface area contributed by atoms with Gasteiger partial charge in [-0.05, 0) is 25.0 Å². The molecule has 2 unspecified atom stereocenters. The average Bonchev–Trinajstić information content (AvgIpc) is 2.46. The number of hydrogen-bond donors (Lipinski definition) is 2. The van der Waals surface area contributed by atoms with Gasteiger partial charge in [0.25, 0.3) is 5.91 Å². The molecule has 5 nitrogen and oxygen atoms in total. The highest BCUT2D eigenvalue weighted by atomic mass is 16.3. The molecule has 0 aliphatic carbocycles. The Balaban J connectivity index is 2.29. The summed E-state index contributed by atoms with van der Waals surface area (Å²) in [6, 6.07) is 7.75. The van der Waals surface area contributed by atoms with E-state index in [1.165, 1.54) is 6.07 Å². The number of para-hydroxylation sites is 1. The van der Waals surface area contributed by atoms with Gasteiger partial charge in [0, 0.05) is 18.7 Å². The molecule has 0 saturated heterocycles. The molecule has 0 aliphatic heterocycles. The standard InChI is InChI=1S/C15H17NO4/c1-9(8-17)10(2)16-15(19)14-7-12(18)11-5-3-4-6-13(11)20-14/h3-7,9-10,17H,8H2,1-2H3,(H,16,19). The zero-order chi connectivity index (χ0) is 14.7. The summed E-state index contributed by atoms with van der Waals surface area (Å²) < 4.78 is 5.44. The Kier molecular flexibility index (Phi) is 4.20. The fourth-order valence-electron chi connectivity index (χ4n) is 1.79. The molecule has 0 saturated carbocycles. The number of amides is 1. The first-order valence-electron chi connectivity index (χ1n) is 6.47. The van der Waals surface area contributed by atoms with Crippen LogP contribution in [-0.4, -0.2) is 23.7 Å². The van der Waals surface area contributed by atoms with Crippen LogP contribution in [0.25, 0.3) is 11.0 Å². The normalized spacial score (nSPS) is 13.9. The molecule has 0 bridgehead atoms. The van der Waals surface area contributed by atoms with Crippen LogP contribution in [0.5, 0.6) is 0 Å². The molecule has 20 heavy (non-hydrogen) atoms. The van der Waals surface area contributed by atoms with E-state index in [1.54, 1.807) is 31.2 Å². The molecular formula is C15H17NO4. The fraction of sp³-hybridized carbons (Fsp3) is 0.333. The molecule has 2 aromatic rings. The zero-order valence-electron chi connectivity index (χ0n) is 11.4. The van der Waals surface area contributed by atoms with Gasteiger partial charge in [0.15, 0.2) is 11.2 Å². The molecule has 5 heteroatoms. The van der Waals surface area contributed by atoms with Crippen molar-refractivity contribution in [3.63, 3.8) is 0 Å². The molecule has 0 fully saturated rings. The summed E-state index contributed by atoms with van der Waals surface area (Å²) in [4.78, 5) is 23.9. The molecule has 0 radical (unpaired) electrons. The number of aliphatic hydroxyl groups excluding tert-OH is 1. The Hall–Kier alpha value is -2.14. The van der Waals surface area contributed by atoms with Crippen LogP contribution in [0.3, 0.4) is 0 Å². The van der Waals surface area contributed by atoms with Crippen molar-refractivity contribution in [2.75, 3.05) is 6.61 Å². The van der Waals surface area contributed by atoms with E-state index in [9.17, 15) is 9.59 Å². The molecule has 0 aliphatic rings.